The third-order valence-electron chi connectivity index (χ3n) is 3.38. The van der Waals surface area contributed by atoms with Gasteiger partial charge in [-0.1, -0.05) is 48.2 Å². The molecule has 1 heterocycles. The van der Waals surface area contributed by atoms with Crippen molar-refractivity contribution in [3.05, 3.63) is 53.7 Å². The highest BCUT2D eigenvalue weighted by molar-refractivity contribution is 8.14. The van der Waals surface area contributed by atoms with Crippen LogP contribution in [0.5, 0.6) is 0 Å². The molecule has 0 saturated carbocycles. The smallest absolute Gasteiger partial charge is 0.316 e. The van der Waals surface area contributed by atoms with E-state index in [1.807, 2.05) is 42.5 Å². The van der Waals surface area contributed by atoms with E-state index in [0.717, 1.165) is 28.1 Å². The molecule has 1 amide bonds. The zero-order valence-corrected chi connectivity index (χ0v) is 13.9. The standard InChI is InChI=1S/C18H16N2O3S/c1-2-23-16(21)11-24-18-19-15(17(22)20-18)10-12-7-8-13-5-3-4-6-14(13)9-12/h3-10H,2,11H2,1H3,(H,19,20,22)/b15-10-. The molecule has 0 unspecified atom stereocenters. The Labute approximate surface area is 143 Å². The summed E-state index contributed by atoms with van der Waals surface area (Å²) in [4.78, 5) is 27.6. The van der Waals surface area contributed by atoms with E-state index in [2.05, 4.69) is 10.3 Å². The lowest BCUT2D eigenvalue weighted by Gasteiger charge is -2.00. The van der Waals surface area contributed by atoms with Crippen LogP contribution in [0.2, 0.25) is 0 Å². The summed E-state index contributed by atoms with van der Waals surface area (Å²) in [6.45, 7) is 2.09. The van der Waals surface area contributed by atoms with Gasteiger partial charge in [0.25, 0.3) is 5.91 Å². The molecule has 122 valence electrons. The van der Waals surface area contributed by atoms with Gasteiger partial charge in [-0.25, -0.2) is 4.99 Å². The number of rotatable bonds is 4. The number of ether oxygens (including phenoxy) is 1. The molecule has 0 spiro atoms. The Morgan fingerprint density at radius 2 is 2.04 bits per heavy atom. The van der Waals surface area contributed by atoms with Gasteiger partial charge in [-0.15, -0.1) is 0 Å². The van der Waals surface area contributed by atoms with E-state index in [-0.39, 0.29) is 17.6 Å². The van der Waals surface area contributed by atoms with Crippen molar-refractivity contribution >= 4 is 45.7 Å². The number of carbonyl (C=O) groups is 2. The molecule has 2 aromatic rings. The summed E-state index contributed by atoms with van der Waals surface area (Å²) in [7, 11) is 0. The summed E-state index contributed by atoms with van der Waals surface area (Å²) in [6, 6.07) is 14.0. The summed E-state index contributed by atoms with van der Waals surface area (Å²) in [6.07, 6.45) is 1.74. The number of hydrogen-bond acceptors (Lipinski definition) is 5. The Hall–Kier alpha value is -2.60. The maximum absolute atomic E-state index is 12.0. The highest BCUT2D eigenvalue weighted by atomic mass is 32.2. The number of nitrogens with one attached hydrogen (secondary N) is 1. The molecule has 0 aliphatic carbocycles. The zero-order chi connectivity index (χ0) is 16.9. The molecular formula is C18H16N2O3S. The number of hydrogen-bond donors (Lipinski definition) is 1. The first kappa shape index (κ1) is 16.3. The van der Waals surface area contributed by atoms with Crippen molar-refractivity contribution in [2.75, 3.05) is 12.4 Å². The third kappa shape index (κ3) is 3.83. The van der Waals surface area contributed by atoms with Gasteiger partial charge < -0.3 is 4.74 Å². The van der Waals surface area contributed by atoms with Gasteiger partial charge in [-0.2, -0.15) is 0 Å². The van der Waals surface area contributed by atoms with Crippen LogP contribution < -0.4 is 5.32 Å². The van der Waals surface area contributed by atoms with E-state index >= 15 is 0 Å². The van der Waals surface area contributed by atoms with Gasteiger partial charge in [0.2, 0.25) is 0 Å². The van der Waals surface area contributed by atoms with E-state index in [0.29, 0.717) is 17.5 Å². The van der Waals surface area contributed by atoms with Crippen molar-refractivity contribution in [3.63, 3.8) is 0 Å². The Morgan fingerprint density at radius 1 is 1.25 bits per heavy atom. The van der Waals surface area contributed by atoms with Crippen molar-refractivity contribution in [2.45, 2.75) is 6.92 Å². The average molecular weight is 340 g/mol. The fraction of sp³-hybridized carbons (Fsp3) is 0.167. The number of amides is 1. The quantitative estimate of drug-likeness (QED) is 0.686. The third-order valence-corrected chi connectivity index (χ3v) is 4.23. The van der Waals surface area contributed by atoms with Crippen LogP contribution in [0, 0.1) is 0 Å². The molecule has 1 aliphatic rings. The second-order valence-electron chi connectivity index (χ2n) is 5.10. The monoisotopic (exact) mass is 340 g/mol. The molecule has 6 heteroatoms. The van der Waals surface area contributed by atoms with E-state index in [1.165, 1.54) is 0 Å². The number of amidine groups is 1. The van der Waals surface area contributed by atoms with Crippen LogP contribution in [-0.2, 0) is 14.3 Å². The maximum atomic E-state index is 12.0. The van der Waals surface area contributed by atoms with Gasteiger partial charge in [0.15, 0.2) is 5.17 Å². The van der Waals surface area contributed by atoms with Crippen LogP contribution in [0.25, 0.3) is 16.8 Å². The van der Waals surface area contributed by atoms with Gasteiger partial charge in [-0.05, 0) is 35.4 Å². The SMILES string of the molecule is CCOC(=O)CSC1=N/C(=C\c2ccc3ccccc3c2)C(=O)N1. The lowest BCUT2D eigenvalue weighted by Crippen LogP contribution is -2.23. The summed E-state index contributed by atoms with van der Waals surface area (Å²) in [5.41, 5.74) is 1.23. The molecule has 0 radical (unpaired) electrons. The normalized spacial score (nSPS) is 15.5. The fourth-order valence-corrected chi connectivity index (χ4v) is 2.97. The van der Waals surface area contributed by atoms with Crippen LogP contribution in [0.1, 0.15) is 12.5 Å². The summed E-state index contributed by atoms with van der Waals surface area (Å²) < 4.78 is 4.85. The van der Waals surface area contributed by atoms with E-state index in [1.54, 1.807) is 13.0 Å². The van der Waals surface area contributed by atoms with Crippen molar-refractivity contribution in [1.82, 2.24) is 5.32 Å². The molecule has 0 bridgehead atoms. The molecule has 0 aromatic heterocycles. The molecule has 5 nitrogen and oxygen atoms in total. The number of thioether (sulfide) groups is 1. The minimum atomic E-state index is -0.327. The van der Waals surface area contributed by atoms with Crippen LogP contribution >= 0.6 is 11.8 Å². The molecule has 0 fully saturated rings. The zero-order valence-electron chi connectivity index (χ0n) is 13.1. The van der Waals surface area contributed by atoms with E-state index in [4.69, 9.17) is 4.74 Å². The lowest BCUT2D eigenvalue weighted by atomic mass is 10.1. The Balaban J connectivity index is 1.75. The van der Waals surface area contributed by atoms with Crippen molar-refractivity contribution in [1.29, 1.82) is 0 Å². The van der Waals surface area contributed by atoms with Gasteiger partial charge in [-0.3, -0.25) is 14.9 Å². The molecule has 1 N–H and O–H groups in total. The van der Waals surface area contributed by atoms with Gasteiger partial charge in [0.1, 0.15) is 5.70 Å². The lowest BCUT2D eigenvalue weighted by molar-refractivity contribution is -0.139. The largest absolute Gasteiger partial charge is 0.465 e. The molecule has 0 saturated heterocycles. The van der Waals surface area contributed by atoms with E-state index in [9.17, 15) is 9.59 Å². The second kappa shape index (κ2) is 7.31. The number of esters is 1. The predicted molar refractivity (Wildman–Crippen MR) is 96.6 cm³/mol. The van der Waals surface area contributed by atoms with E-state index < -0.39 is 0 Å². The van der Waals surface area contributed by atoms with Gasteiger partial charge in [0, 0.05) is 0 Å². The van der Waals surface area contributed by atoms with Gasteiger partial charge in [0.05, 0.1) is 12.4 Å². The van der Waals surface area contributed by atoms with Crippen LogP contribution in [0.4, 0.5) is 0 Å². The Bertz CT molecular complexity index is 858. The van der Waals surface area contributed by atoms with Crippen LogP contribution in [-0.4, -0.2) is 29.4 Å². The predicted octanol–water partition coefficient (Wildman–Crippen LogP) is 2.96. The van der Waals surface area contributed by atoms with Crippen molar-refractivity contribution in [2.24, 2.45) is 4.99 Å². The number of carbonyl (C=O) groups excluding carboxylic acids is 2. The highest BCUT2D eigenvalue weighted by Crippen LogP contribution is 2.20. The second-order valence-corrected chi connectivity index (χ2v) is 6.06. The van der Waals surface area contributed by atoms with Crippen molar-refractivity contribution < 1.29 is 14.3 Å². The summed E-state index contributed by atoms with van der Waals surface area (Å²) in [5.74, 6) is -0.475. The Kier molecular flexibility index (Phi) is 4.96. The molecule has 1 aliphatic heterocycles. The number of fused-ring (bicyclic) bond motifs is 1. The number of nitrogens with zero attached hydrogens (tertiary/aromatic N) is 1. The summed E-state index contributed by atoms with van der Waals surface area (Å²) >= 11 is 1.16. The topological polar surface area (TPSA) is 67.8 Å². The first-order valence-corrected chi connectivity index (χ1v) is 8.53. The molecule has 24 heavy (non-hydrogen) atoms. The first-order valence-electron chi connectivity index (χ1n) is 7.54. The molecule has 3 rings (SSSR count). The fourth-order valence-electron chi connectivity index (χ4n) is 2.30. The molecule has 0 atom stereocenters. The van der Waals surface area contributed by atoms with Crippen LogP contribution in [0.15, 0.2) is 53.2 Å². The number of aliphatic imine (C=N–C) groups is 1. The van der Waals surface area contributed by atoms with Gasteiger partial charge >= 0.3 is 5.97 Å². The van der Waals surface area contributed by atoms with Crippen LogP contribution in [0.3, 0.4) is 0 Å². The minimum Gasteiger partial charge on any atom is -0.465 e. The minimum absolute atomic E-state index is 0.121. The van der Waals surface area contributed by atoms with Crippen molar-refractivity contribution in [3.8, 4) is 0 Å². The Morgan fingerprint density at radius 3 is 2.83 bits per heavy atom. The summed E-state index contributed by atoms with van der Waals surface area (Å²) in [5, 5.41) is 5.32. The highest BCUT2D eigenvalue weighted by Gasteiger charge is 2.21. The number of benzene rings is 2. The maximum Gasteiger partial charge on any atom is 0.316 e. The average Bonchev–Trinajstić information content (AvgIpc) is 2.93. The molecular weight excluding hydrogens is 324 g/mol. The molecule has 2 aromatic carbocycles. The first-order chi connectivity index (χ1) is 11.7.